The van der Waals surface area contributed by atoms with Crippen molar-refractivity contribution < 1.29 is 9.32 Å². The number of benzene rings is 2. The Balaban J connectivity index is 1.63. The number of aromatic nitrogens is 2. The lowest BCUT2D eigenvalue weighted by atomic mass is 10.1. The van der Waals surface area contributed by atoms with Crippen LogP contribution in [-0.4, -0.2) is 59.1 Å². The largest absolute Gasteiger partial charge is 0.337 e. The van der Waals surface area contributed by atoms with Crippen molar-refractivity contribution in [2.75, 3.05) is 27.2 Å². The fraction of sp³-hybridized carbons (Fsp3) is 0.286. The molecule has 1 amide bonds. The van der Waals surface area contributed by atoms with Gasteiger partial charge >= 0.3 is 0 Å². The number of hydrogen-bond donors (Lipinski definition) is 0. The van der Waals surface area contributed by atoms with E-state index in [1.165, 1.54) is 0 Å². The fourth-order valence-electron chi connectivity index (χ4n) is 3.41. The van der Waals surface area contributed by atoms with E-state index in [0.717, 1.165) is 25.1 Å². The van der Waals surface area contributed by atoms with E-state index in [1.54, 1.807) is 0 Å². The lowest BCUT2D eigenvalue weighted by Gasteiger charge is -2.21. The number of hydrogen-bond acceptors (Lipinski definition) is 5. The molecule has 0 spiro atoms. The Labute approximate surface area is 158 Å². The SMILES string of the molecule is CN(C)C1CCN(C(=O)c2ccccc2-c2nc(-c3ccccc3)no2)C1. The summed E-state index contributed by atoms with van der Waals surface area (Å²) in [4.78, 5) is 21.7. The third-order valence-corrected chi connectivity index (χ3v) is 5.03. The molecule has 27 heavy (non-hydrogen) atoms. The molecule has 3 aromatic rings. The maximum atomic E-state index is 13.1. The van der Waals surface area contributed by atoms with Gasteiger partial charge < -0.3 is 14.3 Å². The second-order valence-corrected chi connectivity index (χ2v) is 6.99. The van der Waals surface area contributed by atoms with Crippen LogP contribution in [0.1, 0.15) is 16.8 Å². The van der Waals surface area contributed by atoms with E-state index in [2.05, 4.69) is 29.1 Å². The van der Waals surface area contributed by atoms with E-state index < -0.39 is 0 Å². The molecule has 0 saturated carbocycles. The topological polar surface area (TPSA) is 62.5 Å². The number of likely N-dealkylation sites (N-methyl/N-ethyl adjacent to an activating group) is 1. The van der Waals surface area contributed by atoms with Crippen LogP contribution in [-0.2, 0) is 0 Å². The monoisotopic (exact) mass is 362 g/mol. The predicted molar refractivity (Wildman–Crippen MR) is 103 cm³/mol. The molecule has 0 N–H and O–H groups in total. The van der Waals surface area contributed by atoms with Crippen LogP contribution in [0.4, 0.5) is 0 Å². The number of carbonyl (C=O) groups is 1. The van der Waals surface area contributed by atoms with Gasteiger partial charge in [-0.25, -0.2) is 0 Å². The third kappa shape index (κ3) is 3.48. The van der Waals surface area contributed by atoms with Crippen LogP contribution < -0.4 is 0 Å². The Morgan fingerprint density at radius 1 is 1.11 bits per heavy atom. The van der Waals surface area contributed by atoms with Gasteiger partial charge in [-0.1, -0.05) is 47.6 Å². The van der Waals surface area contributed by atoms with Crippen molar-refractivity contribution in [2.24, 2.45) is 0 Å². The average molecular weight is 362 g/mol. The smallest absolute Gasteiger partial charge is 0.259 e. The highest BCUT2D eigenvalue weighted by molar-refractivity contribution is 6.00. The van der Waals surface area contributed by atoms with Gasteiger partial charge in [-0.3, -0.25) is 4.79 Å². The van der Waals surface area contributed by atoms with Gasteiger partial charge in [-0.2, -0.15) is 4.98 Å². The molecule has 0 radical (unpaired) electrons. The van der Waals surface area contributed by atoms with Gasteiger partial charge in [0, 0.05) is 24.7 Å². The first-order valence-electron chi connectivity index (χ1n) is 9.07. The molecule has 6 nitrogen and oxygen atoms in total. The van der Waals surface area contributed by atoms with Gasteiger partial charge in [0.25, 0.3) is 11.8 Å². The number of amides is 1. The van der Waals surface area contributed by atoms with Gasteiger partial charge in [0.2, 0.25) is 5.82 Å². The zero-order chi connectivity index (χ0) is 18.8. The van der Waals surface area contributed by atoms with Crippen molar-refractivity contribution in [3.05, 3.63) is 60.2 Å². The standard InChI is InChI=1S/C21H22N4O2/c1-24(2)16-12-13-25(14-16)21(26)18-11-7-6-10-17(18)20-22-19(23-27-20)15-8-4-3-5-9-15/h3-11,16H,12-14H2,1-2H3. The second-order valence-electron chi connectivity index (χ2n) is 6.99. The zero-order valence-corrected chi connectivity index (χ0v) is 15.5. The van der Waals surface area contributed by atoms with Gasteiger partial charge in [-0.15, -0.1) is 0 Å². The van der Waals surface area contributed by atoms with Crippen LogP contribution in [0.15, 0.2) is 59.1 Å². The minimum atomic E-state index is 0.00871. The molecular formula is C21H22N4O2. The van der Waals surface area contributed by atoms with Crippen LogP contribution in [0.2, 0.25) is 0 Å². The lowest BCUT2D eigenvalue weighted by Crippen LogP contribution is -2.34. The molecule has 0 bridgehead atoms. The summed E-state index contributed by atoms with van der Waals surface area (Å²) < 4.78 is 5.48. The van der Waals surface area contributed by atoms with Crippen molar-refractivity contribution in [3.63, 3.8) is 0 Å². The molecule has 6 heteroatoms. The summed E-state index contributed by atoms with van der Waals surface area (Å²) in [5.74, 6) is 0.886. The highest BCUT2D eigenvalue weighted by Gasteiger charge is 2.30. The van der Waals surface area contributed by atoms with E-state index >= 15 is 0 Å². The Morgan fingerprint density at radius 2 is 1.85 bits per heavy atom. The number of rotatable bonds is 4. The molecule has 1 unspecified atom stereocenters. The van der Waals surface area contributed by atoms with Crippen molar-refractivity contribution in [1.29, 1.82) is 0 Å². The molecule has 1 saturated heterocycles. The molecule has 1 atom stereocenters. The number of likely N-dealkylation sites (tertiary alicyclic amines) is 1. The summed E-state index contributed by atoms with van der Waals surface area (Å²) in [5.41, 5.74) is 2.15. The Kier molecular flexibility index (Phi) is 4.73. The van der Waals surface area contributed by atoms with E-state index in [9.17, 15) is 4.79 Å². The summed E-state index contributed by atoms with van der Waals surface area (Å²) in [7, 11) is 4.10. The Morgan fingerprint density at radius 3 is 2.59 bits per heavy atom. The quantitative estimate of drug-likeness (QED) is 0.713. The summed E-state index contributed by atoms with van der Waals surface area (Å²) >= 11 is 0. The molecule has 1 aliphatic rings. The van der Waals surface area contributed by atoms with Gasteiger partial charge in [0.15, 0.2) is 0 Å². The molecule has 2 aromatic carbocycles. The Bertz CT molecular complexity index is 936. The highest BCUT2D eigenvalue weighted by atomic mass is 16.5. The maximum Gasteiger partial charge on any atom is 0.259 e. The van der Waals surface area contributed by atoms with Crippen LogP contribution in [0.25, 0.3) is 22.8 Å². The van der Waals surface area contributed by atoms with E-state index in [1.807, 2.05) is 59.5 Å². The van der Waals surface area contributed by atoms with Crippen molar-refractivity contribution in [2.45, 2.75) is 12.5 Å². The minimum absolute atomic E-state index is 0.00871. The number of nitrogens with zero attached hydrogens (tertiary/aromatic N) is 4. The highest BCUT2D eigenvalue weighted by Crippen LogP contribution is 2.27. The third-order valence-electron chi connectivity index (χ3n) is 5.03. The van der Waals surface area contributed by atoms with Gasteiger partial charge in [0.05, 0.1) is 11.1 Å². The van der Waals surface area contributed by atoms with Crippen LogP contribution in [0.5, 0.6) is 0 Å². The zero-order valence-electron chi connectivity index (χ0n) is 15.5. The maximum absolute atomic E-state index is 13.1. The lowest BCUT2D eigenvalue weighted by molar-refractivity contribution is 0.0783. The normalized spacial score (nSPS) is 16.9. The molecule has 4 rings (SSSR count). The molecule has 2 heterocycles. The molecule has 138 valence electrons. The predicted octanol–water partition coefficient (Wildman–Crippen LogP) is 3.18. The van der Waals surface area contributed by atoms with Gasteiger partial charge in [0.1, 0.15) is 0 Å². The Hall–Kier alpha value is -2.99. The van der Waals surface area contributed by atoms with Crippen LogP contribution in [0.3, 0.4) is 0 Å². The van der Waals surface area contributed by atoms with Crippen molar-refractivity contribution in [1.82, 2.24) is 19.9 Å². The molecule has 1 aromatic heterocycles. The molecule has 1 fully saturated rings. The fourth-order valence-corrected chi connectivity index (χ4v) is 3.41. The minimum Gasteiger partial charge on any atom is -0.337 e. The van der Waals surface area contributed by atoms with Crippen molar-refractivity contribution >= 4 is 5.91 Å². The first-order chi connectivity index (χ1) is 13.1. The molecular weight excluding hydrogens is 340 g/mol. The molecule has 0 aliphatic carbocycles. The summed E-state index contributed by atoms with van der Waals surface area (Å²) in [6.45, 7) is 1.49. The van der Waals surface area contributed by atoms with Crippen molar-refractivity contribution in [3.8, 4) is 22.8 Å². The number of carbonyl (C=O) groups excluding carboxylic acids is 1. The first-order valence-corrected chi connectivity index (χ1v) is 9.07. The molecule has 1 aliphatic heterocycles. The van der Waals surface area contributed by atoms with E-state index in [-0.39, 0.29) is 5.91 Å². The summed E-state index contributed by atoms with van der Waals surface area (Å²) in [6.07, 6.45) is 0.986. The average Bonchev–Trinajstić information content (AvgIpc) is 3.38. The summed E-state index contributed by atoms with van der Waals surface area (Å²) in [6, 6.07) is 17.5. The van der Waals surface area contributed by atoms with Crippen LogP contribution >= 0.6 is 0 Å². The van der Waals surface area contributed by atoms with E-state index in [4.69, 9.17) is 4.52 Å². The second kappa shape index (κ2) is 7.32. The first kappa shape index (κ1) is 17.4. The van der Waals surface area contributed by atoms with Gasteiger partial charge in [-0.05, 0) is 32.6 Å². The van der Waals surface area contributed by atoms with E-state index in [0.29, 0.717) is 28.9 Å². The summed E-state index contributed by atoms with van der Waals surface area (Å²) in [5, 5.41) is 4.08. The van der Waals surface area contributed by atoms with Crippen LogP contribution in [0, 0.1) is 0 Å².